The van der Waals surface area contributed by atoms with Crippen molar-refractivity contribution in [1.82, 2.24) is 4.90 Å². The van der Waals surface area contributed by atoms with Crippen LogP contribution in [0.2, 0.25) is 0 Å². The second-order valence-corrected chi connectivity index (χ2v) is 5.85. The highest BCUT2D eigenvalue weighted by atomic mass is 79.9. The molecule has 1 heterocycles. The number of nitrogens with zero attached hydrogens (tertiary/aromatic N) is 1. The van der Waals surface area contributed by atoms with E-state index in [-0.39, 0.29) is 11.7 Å². The maximum atomic E-state index is 12.3. The number of halogens is 1. The van der Waals surface area contributed by atoms with Crippen molar-refractivity contribution < 1.29 is 14.6 Å². The Morgan fingerprint density at radius 1 is 1.58 bits per heavy atom. The van der Waals surface area contributed by atoms with Crippen molar-refractivity contribution in [2.45, 2.75) is 12.8 Å². The number of hydrogen-bond donors (Lipinski definition) is 1. The van der Waals surface area contributed by atoms with Gasteiger partial charge in [-0.25, -0.2) is 0 Å². The topological polar surface area (TPSA) is 49.8 Å². The third kappa shape index (κ3) is 3.70. The highest BCUT2D eigenvalue weighted by molar-refractivity contribution is 9.10. The minimum atomic E-state index is -0.157. The number of aromatic hydroxyl groups is 1. The molecule has 1 aromatic rings. The molecule has 1 saturated heterocycles. The van der Waals surface area contributed by atoms with E-state index in [1.807, 2.05) is 0 Å². The van der Waals surface area contributed by atoms with Crippen molar-refractivity contribution >= 4 is 21.8 Å². The van der Waals surface area contributed by atoms with Gasteiger partial charge in [0.15, 0.2) is 0 Å². The van der Waals surface area contributed by atoms with Crippen LogP contribution in [0.4, 0.5) is 0 Å². The lowest BCUT2D eigenvalue weighted by Gasteiger charge is -2.27. The summed E-state index contributed by atoms with van der Waals surface area (Å²) in [6.07, 6.45) is 2.14. The van der Waals surface area contributed by atoms with E-state index in [1.54, 1.807) is 24.1 Å². The fourth-order valence-electron chi connectivity index (χ4n) is 2.31. The zero-order valence-corrected chi connectivity index (χ0v) is 12.5. The third-order valence-electron chi connectivity index (χ3n) is 3.32. The largest absolute Gasteiger partial charge is 0.507 e. The van der Waals surface area contributed by atoms with Gasteiger partial charge in [-0.1, -0.05) is 15.9 Å². The van der Waals surface area contributed by atoms with Crippen LogP contribution in [0.1, 0.15) is 23.2 Å². The predicted octanol–water partition coefficient (Wildman–Crippen LogP) is 2.65. The molecule has 0 aliphatic carbocycles. The Bertz CT molecular complexity index is 458. The van der Waals surface area contributed by atoms with Crippen LogP contribution in [-0.2, 0) is 4.74 Å². The molecule has 0 aromatic heterocycles. The number of hydrogen-bond acceptors (Lipinski definition) is 3. The minimum Gasteiger partial charge on any atom is -0.507 e. The number of ether oxygens (including phenoxy) is 1. The molecule has 1 amide bonds. The first-order chi connectivity index (χ1) is 9.08. The standard InChI is InChI=1S/C14H18BrNO3/c1-16(8-10-3-2-6-19-9-10)14(18)12-5-4-11(15)7-13(12)17/h4-5,7,10,17H,2-3,6,8-9H2,1H3. The zero-order chi connectivity index (χ0) is 13.8. The summed E-state index contributed by atoms with van der Waals surface area (Å²) in [6.45, 7) is 2.19. The van der Waals surface area contributed by atoms with Gasteiger partial charge in [-0.3, -0.25) is 4.79 Å². The number of carbonyl (C=O) groups is 1. The monoisotopic (exact) mass is 327 g/mol. The van der Waals surface area contributed by atoms with Crippen molar-refractivity contribution in [3.05, 3.63) is 28.2 Å². The lowest BCUT2D eigenvalue weighted by atomic mass is 10.0. The van der Waals surface area contributed by atoms with E-state index in [0.717, 1.165) is 23.9 Å². The molecule has 19 heavy (non-hydrogen) atoms. The first kappa shape index (κ1) is 14.3. The number of carbonyl (C=O) groups excluding carboxylic acids is 1. The molecule has 0 saturated carbocycles. The lowest BCUT2D eigenvalue weighted by molar-refractivity contribution is 0.0388. The molecular weight excluding hydrogens is 310 g/mol. The van der Waals surface area contributed by atoms with E-state index < -0.39 is 0 Å². The van der Waals surface area contributed by atoms with Gasteiger partial charge in [0, 0.05) is 24.7 Å². The van der Waals surface area contributed by atoms with Gasteiger partial charge in [-0.15, -0.1) is 0 Å². The Hall–Kier alpha value is -1.07. The van der Waals surface area contributed by atoms with Crippen LogP contribution in [0.3, 0.4) is 0 Å². The molecule has 0 spiro atoms. The maximum Gasteiger partial charge on any atom is 0.257 e. The van der Waals surface area contributed by atoms with E-state index >= 15 is 0 Å². The average Bonchev–Trinajstić information content (AvgIpc) is 2.39. The smallest absolute Gasteiger partial charge is 0.257 e. The van der Waals surface area contributed by atoms with Gasteiger partial charge in [0.2, 0.25) is 0 Å². The summed E-state index contributed by atoms with van der Waals surface area (Å²) < 4.78 is 6.17. The Labute approximate surface area is 121 Å². The van der Waals surface area contributed by atoms with Crippen LogP contribution in [-0.4, -0.2) is 42.7 Å². The van der Waals surface area contributed by atoms with E-state index in [9.17, 15) is 9.90 Å². The summed E-state index contributed by atoms with van der Waals surface area (Å²) in [5.74, 6) is 0.238. The predicted molar refractivity (Wildman–Crippen MR) is 76.3 cm³/mol. The molecule has 1 aliphatic heterocycles. The first-order valence-corrected chi connectivity index (χ1v) is 7.19. The van der Waals surface area contributed by atoms with E-state index in [0.29, 0.717) is 24.6 Å². The van der Waals surface area contributed by atoms with Gasteiger partial charge in [-0.2, -0.15) is 0 Å². The Morgan fingerprint density at radius 3 is 3.00 bits per heavy atom. The van der Waals surface area contributed by atoms with Crippen molar-refractivity contribution in [3.8, 4) is 5.75 Å². The SMILES string of the molecule is CN(CC1CCCOC1)C(=O)c1ccc(Br)cc1O. The van der Waals surface area contributed by atoms with Gasteiger partial charge < -0.3 is 14.7 Å². The molecular formula is C14H18BrNO3. The van der Waals surface area contributed by atoms with Crippen molar-refractivity contribution in [2.24, 2.45) is 5.92 Å². The third-order valence-corrected chi connectivity index (χ3v) is 3.82. The highest BCUT2D eigenvalue weighted by Crippen LogP contribution is 2.24. The molecule has 1 fully saturated rings. The molecule has 5 heteroatoms. The van der Waals surface area contributed by atoms with Crippen LogP contribution in [0.25, 0.3) is 0 Å². The van der Waals surface area contributed by atoms with Crippen LogP contribution >= 0.6 is 15.9 Å². The van der Waals surface area contributed by atoms with Gasteiger partial charge in [0.25, 0.3) is 5.91 Å². The fourth-order valence-corrected chi connectivity index (χ4v) is 2.66. The molecule has 104 valence electrons. The summed E-state index contributed by atoms with van der Waals surface area (Å²) in [7, 11) is 1.76. The summed E-state index contributed by atoms with van der Waals surface area (Å²) in [5.41, 5.74) is 0.336. The summed E-state index contributed by atoms with van der Waals surface area (Å²) in [5, 5.41) is 9.81. The molecule has 1 aliphatic rings. The summed E-state index contributed by atoms with van der Waals surface area (Å²) in [4.78, 5) is 13.9. The molecule has 1 unspecified atom stereocenters. The molecule has 1 N–H and O–H groups in total. The van der Waals surface area contributed by atoms with Crippen LogP contribution in [0, 0.1) is 5.92 Å². The van der Waals surface area contributed by atoms with E-state index in [1.165, 1.54) is 6.07 Å². The molecule has 0 radical (unpaired) electrons. The minimum absolute atomic E-state index is 0.00567. The molecule has 4 nitrogen and oxygen atoms in total. The summed E-state index contributed by atoms with van der Waals surface area (Å²) >= 11 is 3.26. The number of amides is 1. The first-order valence-electron chi connectivity index (χ1n) is 6.39. The quantitative estimate of drug-likeness (QED) is 0.928. The molecule has 0 bridgehead atoms. The Balaban J connectivity index is 2.01. The molecule has 2 rings (SSSR count). The number of benzene rings is 1. The summed E-state index contributed by atoms with van der Waals surface area (Å²) in [6, 6.07) is 4.92. The second kappa shape index (κ2) is 6.39. The second-order valence-electron chi connectivity index (χ2n) is 4.93. The normalized spacial score (nSPS) is 19.2. The van der Waals surface area contributed by atoms with Gasteiger partial charge in [-0.05, 0) is 37.0 Å². The number of phenols is 1. The van der Waals surface area contributed by atoms with Crippen LogP contribution in [0.5, 0.6) is 5.75 Å². The number of rotatable bonds is 3. The lowest BCUT2D eigenvalue weighted by Crippen LogP contribution is -2.35. The van der Waals surface area contributed by atoms with Gasteiger partial charge in [0.05, 0.1) is 12.2 Å². The Morgan fingerprint density at radius 2 is 2.37 bits per heavy atom. The maximum absolute atomic E-state index is 12.3. The van der Waals surface area contributed by atoms with E-state index in [4.69, 9.17) is 4.74 Å². The van der Waals surface area contributed by atoms with Gasteiger partial charge >= 0.3 is 0 Å². The van der Waals surface area contributed by atoms with Crippen molar-refractivity contribution in [3.63, 3.8) is 0 Å². The average molecular weight is 328 g/mol. The van der Waals surface area contributed by atoms with E-state index in [2.05, 4.69) is 15.9 Å². The van der Waals surface area contributed by atoms with Crippen molar-refractivity contribution in [1.29, 1.82) is 0 Å². The Kier molecular flexibility index (Phi) is 4.82. The fraction of sp³-hybridized carbons (Fsp3) is 0.500. The highest BCUT2D eigenvalue weighted by Gasteiger charge is 2.21. The molecule has 1 atom stereocenters. The number of phenolic OH excluding ortho intramolecular Hbond substituents is 1. The van der Waals surface area contributed by atoms with Crippen LogP contribution < -0.4 is 0 Å². The van der Waals surface area contributed by atoms with Crippen molar-refractivity contribution in [2.75, 3.05) is 26.8 Å². The van der Waals surface area contributed by atoms with Crippen LogP contribution in [0.15, 0.2) is 22.7 Å². The zero-order valence-electron chi connectivity index (χ0n) is 10.9. The van der Waals surface area contributed by atoms with Gasteiger partial charge in [0.1, 0.15) is 5.75 Å². The molecule has 1 aromatic carbocycles.